The predicted molar refractivity (Wildman–Crippen MR) is 83.5 cm³/mol. The van der Waals surface area contributed by atoms with E-state index < -0.39 is 0 Å². The molecule has 1 saturated heterocycles. The lowest BCUT2D eigenvalue weighted by Crippen LogP contribution is -2.32. The fraction of sp³-hybridized carbons (Fsp3) is 0.500. The predicted octanol–water partition coefficient (Wildman–Crippen LogP) is 2.78. The normalized spacial score (nSPS) is 17.2. The van der Waals surface area contributed by atoms with Gasteiger partial charge in [0.2, 0.25) is 0 Å². The first-order valence-corrected chi connectivity index (χ1v) is 7.46. The van der Waals surface area contributed by atoms with Crippen LogP contribution in [-0.2, 0) is 0 Å². The van der Waals surface area contributed by atoms with Gasteiger partial charge in [0, 0.05) is 19.1 Å². The van der Waals surface area contributed by atoms with Crippen LogP contribution in [0.15, 0.2) is 29.1 Å². The van der Waals surface area contributed by atoms with Crippen LogP contribution in [0.4, 0.5) is 0 Å². The summed E-state index contributed by atoms with van der Waals surface area (Å²) in [6.07, 6.45) is 2.07. The third-order valence-corrected chi connectivity index (χ3v) is 4.00. The van der Waals surface area contributed by atoms with E-state index in [-0.39, 0.29) is 5.69 Å². The summed E-state index contributed by atoms with van der Waals surface area (Å²) in [5.41, 5.74) is 1.99. The number of aromatic nitrogens is 2. The molecule has 2 heterocycles. The molecular weight excluding hydrogens is 257 g/mol. The highest BCUT2D eigenvalue weighted by Gasteiger charge is 2.21. The van der Waals surface area contributed by atoms with Gasteiger partial charge in [-0.1, -0.05) is 35.4 Å². The van der Waals surface area contributed by atoms with Gasteiger partial charge < -0.3 is 4.98 Å². The van der Waals surface area contributed by atoms with Crippen molar-refractivity contribution in [3.8, 4) is 0 Å². The Kier molecular flexibility index (Phi) is 4.78. The second-order valence-electron chi connectivity index (χ2n) is 4.58. The summed E-state index contributed by atoms with van der Waals surface area (Å²) in [6, 6.07) is 8.24. The molecule has 1 aliphatic heterocycles. The van der Waals surface area contributed by atoms with Gasteiger partial charge in [-0.25, -0.2) is 4.79 Å². The van der Waals surface area contributed by atoms with E-state index in [0.29, 0.717) is 6.04 Å². The Morgan fingerprint density at radius 2 is 1.84 bits per heavy atom. The van der Waals surface area contributed by atoms with Crippen molar-refractivity contribution in [2.24, 2.45) is 0 Å². The quantitative estimate of drug-likeness (QED) is 0.815. The molecule has 1 aromatic carbocycles. The van der Waals surface area contributed by atoms with Crippen molar-refractivity contribution in [2.45, 2.75) is 32.7 Å². The summed E-state index contributed by atoms with van der Waals surface area (Å²) in [6.45, 7) is 6.06. The molecule has 1 aromatic heterocycles. The molecule has 1 aliphatic rings. The summed E-state index contributed by atoms with van der Waals surface area (Å²) in [4.78, 5) is 14.9. The largest absolute Gasteiger partial charge is 0.326 e. The van der Waals surface area contributed by atoms with Gasteiger partial charge in [-0.05, 0) is 25.0 Å². The number of para-hydroxylation sites is 2. The second kappa shape index (κ2) is 6.36. The van der Waals surface area contributed by atoms with Gasteiger partial charge in [0.15, 0.2) is 0 Å². The van der Waals surface area contributed by atoms with E-state index in [1.54, 1.807) is 0 Å². The van der Waals surface area contributed by atoms with Crippen LogP contribution in [0, 0.1) is 0 Å². The minimum absolute atomic E-state index is 0.0217. The maximum atomic E-state index is 12.0. The molecule has 4 nitrogen and oxygen atoms in total. The zero-order valence-electron chi connectivity index (χ0n) is 11.6. The molecule has 0 spiro atoms. The van der Waals surface area contributed by atoms with Crippen molar-refractivity contribution in [3.63, 3.8) is 0 Å². The molecule has 0 amide bonds. The van der Waals surface area contributed by atoms with Gasteiger partial charge >= 0.3 is 5.69 Å². The first-order chi connectivity index (χ1) is 9.25. The van der Waals surface area contributed by atoms with Crippen molar-refractivity contribution in [2.75, 3.05) is 13.1 Å². The molecule has 0 saturated carbocycles. The lowest BCUT2D eigenvalue weighted by Gasteiger charge is -2.29. The van der Waals surface area contributed by atoms with E-state index in [4.69, 9.17) is 0 Å². The van der Waals surface area contributed by atoms with Crippen molar-refractivity contribution >= 4 is 20.4 Å². The summed E-state index contributed by atoms with van der Waals surface area (Å²) in [5, 5.41) is 0. The van der Waals surface area contributed by atoms with Crippen LogP contribution in [0.25, 0.3) is 11.0 Å². The maximum absolute atomic E-state index is 12.0. The summed E-state index contributed by atoms with van der Waals surface area (Å²) in [5.74, 6) is 0. The van der Waals surface area contributed by atoms with Crippen LogP contribution in [0.2, 0.25) is 0 Å². The number of aromatic amines is 1. The van der Waals surface area contributed by atoms with Crippen molar-refractivity contribution in [1.29, 1.82) is 0 Å². The monoisotopic (exact) mass is 279 g/mol. The highest BCUT2D eigenvalue weighted by Crippen LogP contribution is 2.25. The third-order valence-electron chi connectivity index (χ3n) is 3.49. The zero-order valence-corrected chi connectivity index (χ0v) is 12.7. The number of nitrogens with one attached hydrogen (secondary N) is 1. The van der Waals surface area contributed by atoms with E-state index in [1.807, 2.05) is 42.7 Å². The summed E-state index contributed by atoms with van der Waals surface area (Å²) < 4.78 is 4.16. The average Bonchev–Trinajstić information content (AvgIpc) is 2.78. The molecule has 1 fully saturated rings. The molecule has 104 valence electrons. The molecule has 1 N–H and O–H groups in total. The van der Waals surface area contributed by atoms with Gasteiger partial charge in [0.1, 0.15) is 0 Å². The van der Waals surface area contributed by atoms with E-state index >= 15 is 0 Å². The second-order valence-corrected chi connectivity index (χ2v) is 5.31. The Hall–Kier alpha value is -1.12. The number of piperidine rings is 1. The molecule has 0 aliphatic carbocycles. The highest BCUT2D eigenvalue weighted by atomic mass is 31.0. The molecular formula is C14H22N3OP. The molecule has 19 heavy (non-hydrogen) atoms. The Labute approximate surface area is 116 Å². The molecule has 1 atom stereocenters. The van der Waals surface area contributed by atoms with Gasteiger partial charge in [-0.15, -0.1) is 0 Å². The Morgan fingerprint density at radius 1 is 1.21 bits per heavy atom. The minimum atomic E-state index is 0.0217. The Balaban J connectivity index is 0.000000637. The molecule has 0 radical (unpaired) electrons. The number of H-pyrrole nitrogens is 1. The summed E-state index contributed by atoms with van der Waals surface area (Å²) >= 11 is 0. The number of nitrogens with zero attached hydrogens (tertiary/aromatic N) is 2. The average molecular weight is 279 g/mol. The van der Waals surface area contributed by atoms with Crippen LogP contribution in [0.3, 0.4) is 0 Å². The smallest absolute Gasteiger partial charge is 0.306 e. The van der Waals surface area contributed by atoms with Crippen LogP contribution >= 0.6 is 9.39 Å². The zero-order chi connectivity index (χ0) is 13.8. The number of hydrogen-bond acceptors (Lipinski definition) is 2. The Bertz CT molecular complexity index is 582. The molecule has 2 aromatic rings. The third kappa shape index (κ3) is 2.90. The lowest BCUT2D eigenvalue weighted by molar-refractivity contribution is 0.290. The van der Waals surface area contributed by atoms with Crippen LogP contribution < -0.4 is 5.69 Å². The van der Waals surface area contributed by atoms with Crippen LogP contribution in [-0.4, -0.2) is 27.3 Å². The Morgan fingerprint density at radius 3 is 2.53 bits per heavy atom. The maximum Gasteiger partial charge on any atom is 0.326 e. The van der Waals surface area contributed by atoms with E-state index in [2.05, 4.69) is 19.0 Å². The van der Waals surface area contributed by atoms with E-state index in [9.17, 15) is 4.79 Å². The molecule has 0 bridgehead atoms. The van der Waals surface area contributed by atoms with Gasteiger partial charge in [0.25, 0.3) is 0 Å². The fourth-order valence-electron chi connectivity index (χ4n) is 2.58. The van der Waals surface area contributed by atoms with Crippen molar-refractivity contribution < 1.29 is 0 Å². The van der Waals surface area contributed by atoms with Gasteiger partial charge in [-0.2, -0.15) is 0 Å². The number of fused-ring (bicyclic) bond motifs is 1. The number of rotatable bonds is 1. The van der Waals surface area contributed by atoms with Crippen LogP contribution in [0.1, 0.15) is 32.7 Å². The number of imidazole rings is 1. The minimum Gasteiger partial charge on any atom is -0.306 e. The number of benzene rings is 1. The van der Waals surface area contributed by atoms with Crippen molar-refractivity contribution in [1.82, 2.24) is 14.2 Å². The molecule has 1 unspecified atom stereocenters. The first kappa shape index (κ1) is 14.3. The fourth-order valence-corrected chi connectivity index (χ4v) is 2.88. The van der Waals surface area contributed by atoms with Crippen molar-refractivity contribution in [3.05, 3.63) is 34.7 Å². The van der Waals surface area contributed by atoms with Gasteiger partial charge in [0.05, 0.1) is 11.0 Å². The van der Waals surface area contributed by atoms with E-state index in [0.717, 1.165) is 37.0 Å². The first-order valence-electron chi connectivity index (χ1n) is 6.94. The topological polar surface area (TPSA) is 41.0 Å². The summed E-state index contributed by atoms with van der Waals surface area (Å²) in [7, 11) is 2.73. The van der Waals surface area contributed by atoms with E-state index in [1.165, 1.54) is 0 Å². The highest BCUT2D eigenvalue weighted by molar-refractivity contribution is 7.13. The molecule has 5 heteroatoms. The molecule has 3 rings (SSSR count). The van der Waals surface area contributed by atoms with Gasteiger partial charge in [-0.3, -0.25) is 9.24 Å². The standard InChI is InChI=1S/C12H16N3OP.C2H6/c16-12-13-10-3-1-2-4-11(10)15(12)9-5-7-14(17)8-6-9;1-2/h1-4,9H,5-8,17H2,(H,13,16);1-2H3. The number of hydrogen-bond donors (Lipinski definition) is 1. The SMILES string of the molecule is CC.O=c1[nH]c2ccccc2n1C1CCN(P)CC1. The lowest BCUT2D eigenvalue weighted by atomic mass is 10.1. The van der Waals surface area contributed by atoms with Crippen LogP contribution in [0.5, 0.6) is 0 Å².